The van der Waals surface area contributed by atoms with Crippen LogP contribution in [0.1, 0.15) is 10.5 Å². The highest BCUT2D eigenvalue weighted by Crippen LogP contribution is 2.29. The van der Waals surface area contributed by atoms with Crippen LogP contribution >= 0.6 is 0 Å². The van der Waals surface area contributed by atoms with E-state index in [9.17, 15) is 9.18 Å². The van der Waals surface area contributed by atoms with Gasteiger partial charge < -0.3 is 20.5 Å². The van der Waals surface area contributed by atoms with Crippen LogP contribution in [0.15, 0.2) is 79.0 Å². The van der Waals surface area contributed by atoms with Crippen LogP contribution in [0.4, 0.5) is 15.9 Å². The van der Waals surface area contributed by atoms with Gasteiger partial charge in [0.2, 0.25) is 5.88 Å². The van der Waals surface area contributed by atoms with Crippen molar-refractivity contribution in [1.29, 1.82) is 0 Å². The first-order chi connectivity index (χ1) is 17.0. The van der Waals surface area contributed by atoms with E-state index in [1.165, 1.54) is 28.9 Å². The van der Waals surface area contributed by atoms with E-state index >= 15 is 0 Å². The molecule has 5 aromatic rings. The summed E-state index contributed by atoms with van der Waals surface area (Å²) in [5.41, 5.74) is 7.99. The van der Waals surface area contributed by atoms with Crippen molar-refractivity contribution >= 4 is 23.1 Å². The third kappa shape index (κ3) is 4.44. The lowest BCUT2D eigenvalue weighted by Crippen LogP contribution is -2.14. The summed E-state index contributed by atoms with van der Waals surface area (Å²) in [5.74, 6) is -0.199. The van der Waals surface area contributed by atoms with E-state index in [-0.39, 0.29) is 28.8 Å². The summed E-state index contributed by atoms with van der Waals surface area (Å²) in [6, 6.07) is 19.6. The number of ether oxygens (including phenoxy) is 2. The number of methoxy groups -OCH3 is 1. The fourth-order valence-electron chi connectivity index (χ4n) is 3.51. The number of anilines is 2. The van der Waals surface area contributed by atoms with Crippen molar-refractivity contribution in [1.82, 2.24) is 19.6 Å². The van der Waals surface area contributed by atoms with E-state index < -0.39 is 11.7 Å². The molecule has 0 saturated carbocycles. The van der Waals surface area contributed by atoms with Gasteiger partial charge in [0.05, 0.1) is 19.0 Å². The Morgan fingerprint density at radius 2 is 1.86 bits per heavy atom. The highest BCUT2D eigenvalue weighted by molar-refractivity contribution is 6.03. The van der Waals surface area contributed by atoms with Crippen molar-refractivity contribution in [2.45, 2.75) is 0 Å². The number of pyridine rings is 1. The average Bonchev–Trinajstić information content (AvgIpc) is 3.34. The number of hydrogen-bond donors (Lipinski definition) is 2. The van der Waals surface area contributed by atoms with Gasteiger partial charge in [-0.1, -0.05) is 18.2 Å². The van der Waals surface area contributed by atoms with Crippen molar-refractivity contribution in [3.8, 4) is 28.6 Å². The molecule has 0 aliphatic heterocycles. The number of nitrogens with two attached hydrogens (primary N) is 1. The molecule has 2 aromatic carbocycles. The number of nitrogens with one attached hydrogen (secondary N) is 1. The first-order valence-electron chi connectivity index (χ1n) is 10.5. The molecule has 0 saturated heterocycles. The van der Waals surface area contributed by atoms with Crippen molar-refractivity contribution < 1.29 is 18.7 Å². The lowest BCUT2D eigenvalue weighted by molar-refractivity contribution is 0.102. The average molecular weight is 470 g/mol. The summed E-state index contributed by atoms with van der Waals surface area (Å²) >= 11 is 0. The smallest absolute Gasteiger partial charge is 0.274 e. The molecule has 174 valence electrons. The number of carbonyl (C=O) groups excluding carboxylic acids is 1. The summed E-state index contributed by atoms with van der Waals surface area (Å²) in [6.07, 6.45) is 1.53. The number of fused-ring (bicyclic) bond motifs is 1. The van der Waals surface area contributed by atoms with Gasteiger partial charge in [0.1, 0.15) is 17.3 Å². The molecule has 3 aromatic heterocycles. The van der Waals surface area contributed by atoms with E-state index in [2.05, 4.69) is 20.4 Å². The van der Waals surface area contributed by atoms with E-state index in [0.29, 0.717) is 17.1 Å². The third-order valence-electron chi connectivity index (χ3n) is 5.12. The van der Waals surface area contributed by atoms with Crippen LogP contribution in [-0.4, -0.2) is 32.6 Å². The number of halogens is 1. The van der Waals surface area contributed by atoms with Crippen LogP contribution in [-0.2, 0) is 0 Å². The molecule has 3 N–H and O–H groups in total. The summed E-state index contributed by atoms with van der Waals surface area (Å²) in [5, 5.41) is 6.75. The molecule has 9 nitrogen and oxygen atoms in total. The minimum atomic E-state index is -0.686. The molecule has 5 rings (SSSR count). The molecule has 0 fully saturated rings. The van der Waals surface area contributed by atoms with Gasteiger partial charge in [0.25, 0.3) is 5.91 Å². The van der Waals surface area contributed by atoms with Gasteiger partial charge in [-0.05, 0) is 36.4 Å². The van der Waals surface area contributed by atoms with Gasteiger partial charge >= 0.3 is 0 Å². The molecule has 0 aliphatic rings. The number of aromatic nitrogens is 4. The maximum atomic E-state index is 14.8. The second-order valence-corrected chi connectivity index (χ2v) is 7.43. The Bertz CT molecular complexity index is 1550. The molecule has 0 unspecified atom stereocenters. The maximum absolute atomic E-state index is 14.8. The summed E-state index contributed by atoms with van der Waals surface area (Å²) in [7, 11) is 1.57. The number of nitrogen functional groups attached to an aromatic ring is 1. The Morgan fingerprint density at radius 1 is 1.00 bits per heavy atom. The predicted molar refractivity (Wildman–Crippen MR) is 128 cm³/mol. The van der Waals surface area contributed by atoms with Gasteiger partial charge in [0.15, 0.2) is 17.2 Å². The van der Waals surface area contributed by atoms with E-state index in [4.69, 9.17) is 15.2 Å². The van der Waals surface area contributed by atoms with Crippen LogP contribution in [0.2, 0.25) is 0 Å². The number of benzene rings is 2. The zero-order valence-electron chi connectivity index (χ0n) is 18.5. The van der Waals surface area contributed by atoms with Gasteiger partial charge in [-0.2, -0.15) is 9.61 Å². The molecule has 0 radical (unpaired) electrons. The highest BCUT2D eigenvalue weighted by Gasteiger charge is 2.15. The lowest BCUT2D eigenvalue weighted by Gasteiger charge is -2.11. The summed E-state index contributed by atoms with van der Waals surface area (Å²) in [4.78, 5) is 21.4. The maximum Gasteiger partial charge on any atom is 0.274 e. The summed E-state index contributed by atoms with van der Waals surface area (Å²) < 4.78 is 27.2. The van der Waals surface area contributed by atoms with Crippen LogP contribution < -0.4 is 20.5 Å². The highest BCUT2D eigenvalue weighted by atomic mass is 19.1. The fourth-order valence-corrected chi connectivity index (χ4v) is 3.51. The Labute approximate surface area is 199 Å². The van der Waals surface area contributed by atoms with Gasteiger partial charge in [-0.15, -0.1) is 0 Å². The molecular weight excluding hydrogens is 451 g/mol. The number of hydrogen-bond acceptors (Lipinski definition) is 7. The third-order valence-corrected chi connectivity index (χ3v) is 5.12. The van der Waals surface area contributed by atoms with Gasteiger partial charge in [0, 0.05) is 29.4 Å². The van der Waals surface area contributed by atoms with Crippen molar-refractivity contribution in [2.24, 2.45) is 0 Å². The fraction of sp³-hybridized carbons (Fsp3) is 0.0400. The molecule has 0 atom stereocenters. The Balaban J connectivity index is 1.35. The molecule has 10 heteroatoms. The number of amides is 1. The minimum absolute atomic E-state index is 0.0679. The van der Waals surface area contributed by atoms with E-state index in [1.807, 2.05) is 24.3 Å². The SMILES string of the molecule is COc1ccccc1-c1cccc(C(=O)Nc2ccc(Oc3cc(N)nc4ccnn34)c(F)c2)n1. The second kappa shape index (κ2) is 9.10. The van der Waals surface area contributed by atoms with Gasteiger partial charge in [-0.25, -0.2) is 14.4 Å². The number of rotatable bonds is 6. The van der Waals surface area contributed by atoms with Crippen molar-refractivity contribution in [3.63, 3.8) is 0 Å². The number of para-hydroxylation sites is 1. The molecule has 0 bridgehead atoms. The number of nitrogens with zero attached hydrogens (tertiary/aromatic N) is 4. The number of carbonyl (C=O) groups is 1. The van der Waals surface area contributed by atoms with E-state index in [1.54, 1.807) is 31.4 Å². The van der Waals surface area contributed by atoms with Gasteiger partial charge in [-0.3, -0.25) is 4.79 Å². The zero-order valence-corrected chi connectivity index (χ0v) is 18.5. The summed E-state index contributed by atoms with van der Waals surface area (Å²) in [6.45, 7) is 0. The Morgan fingerprint density at radius 3 is 2.69 bits per heavy atom. The minimum Gasteiger partial charge on any atom is -0.496 e. The van der Waals surface area contributed by atoms with Crippen LogP contribution in [0.5, 0.6) is 17.4 Å². The first-order valence-corrected chi connectivity index (χ1v) is 10.5. The molecule has 0 aliphatic carbocycles. The largest absolute Gasteiger partial charge is 0.496 e. The Hall–Kier alpha value is -4.99. The molecule has 1 amide bonds. The van der Waals surface area contributed by atoms with Crippen LogP contribution in [0, 0.1) is 5.82 Å². The molecule has 0 spiro atoms. The molecule has 3 heterocycles. The quantitative estimate of drug-likeness (QED) is 0.373. The lowest BCUT2D eigenvalue weighted by atomic mass is 10.1. The van der Waals surface area contributed by atoms with Crippen LogP contribution in [0.25, 0.3) is 16.9 Å². The van der Waals surface area contributed by atoms with Crippen LogP contribution in [0.3, 0.4) is 0 Å². The van der Waals surface area contributed by atoms with Crippen molar-refractivity contribution in [3.05, 3.63) is 90.5 Å². The topological polar surface area (TPSA) is 117 Å². The zero-order chi connectivity index (χ0) is 24.4. The van der Waals surface area contributed by atoms with Crippen molar-refractivity contribution in [2.75, 3.05) is 18.2 Å². The molecule has 35 heavy (non-hydrogen) atoms. The Kier molecular flexibility index (Phi) is 5.68. The second-order valence-electron chi connectivity index (χ2n) is 7.43. The standard InChI is InChI=1S/C25H19FN6O3/c1-34-20-8-3-2-5-16(20)18-6-4-7-19(30-18)25(33)29-15-9-10-21(17(26)13-15)35-24-14-22(27)31-23-11-12-28-32(23)24/h2-14H,1H3,(H2,27,31)(H,29,33). The monoisotopic (exact) mass is 470 g/mol. The first kappa shape index (κ1) is 21.8. The normalized spacial score (nSPS) is 10.8. The van der Waals surface area contributed by atoms with E-state index in [0.717, 1.165) is 11.6 Å². The predicted octanol–water partition coefficient (Wildman–Crippen LogP) is 4.57. The molecular formula is C25H19FN6O3.